The number of carbonyl (C=O) groups is 1. The molecule has 13 heteroatoms. The minimum Gasteiger partial charge on any atom is -0.494 e. The first kappa shape index (κ1) is 32.6. The number of benzene rings is 2. The average molecular weight is 629 g/mol. The van der Waals surface area contributed by atoms with Crippen molar-refractivity contribution in [1.82, 2.24) is 20.1 Å². The summed E-state index contributed by atoms with van der Waals surface area (Å²) in [7, 11) is -3.91. The summed E-state index contributed by atoms with van der Waals surface area (Å²) in [5, 5.41) is 8.86. The van der Waals surface area contributed by atoms with Gasteiger partial charge in [0.15, 0.2) is 5.78 Å². The lowest BCUT2D eigenvalue weighted by Crippen LogP contribution is -2.21. The van der Waals surface area contributed by atoms with Gasteiger partial charge in [0.2, 0.25) is 0 Å². The summed E-state index contributed by atoms with van der Waals surface area (Å²) in [6, 6.07) is 21.4. The molecule has 0 spiro atoms. The van der Waals surface area contributed by atoms with Gasteiger partial charge >= 0.3 is 15.6 Å². The smallest absolute Gasteiger partial charge is 0.494 e. The van der Waals surface area contributed by atoms with Crippen LogP contribution in [0.15, 0.2) is 79.1 Å². The molecule has 0 saturated carbocycles. The van der Waals surface area contributed by atoms with E-state index in [9.17, 15) is 18.0 Å². The first-order valence-corrected chi connectivity index (χ1v) is 15.1. The van der Waals surface area contributed by atoms with E-state index in [1.54, 1.807) is 0 Å². The molecule has 1 aliphatic heterocycles. The third-order valence-corrected chi connectivity index (χ3v) is 7.12. The van der Waals surface area contributed by atoms with E-state index in [2.05, 4.69) is 35.5 Å². The molecule has 0 radical (unpaired) electrons. The molecule has 1 aliphatic carbocycles. The summed E-state index contributed by atoms with van der Waals surface area (Å²) < 4.78 is 65.1. The van der Waals surface area contributed by atoms with E-state index >= 15 is 0 Å². The van der Waals surface area contributed by atoms with Crippen LogP contribution in [0.3, 0.4) is 0 Å². The van der Waals surface area contributed by atoms with Gasteiger partial charge in [-0.2, -0.15) is 26.7 Å². The molecule has 232 valence electrons. The zero-order valence-corrected chi connectivity index (χ0v) is 24.8. The summed E-state index contributed by atoms with van der Waals surface area (Å²) in [5.41, 5.74) is 0.877. The van der Waals surface area contributed by atoms with Crippen molar-refractivity contribution in [1.29, 1.82) is 0 Å². The van der Waals surface area contributed by atoms with E-state index in [4.69, 9.17) is 22.7 Å². The highest BCUT2D eigenvalue weighted by atomic mass is 32.2. The molecule has 2 aromatic carbocycles. The molecule has 0 atom stereocenters. The Hall–Kier alpha value is -4.33. The van der Waals surface area contributed by atoms with E-state index in [-0.39, 0.29) is 5.78 Å². The SMILES string of the molecule is CCCOc1cccc(C(=O)c2cccc3c4cccc(CNCCc5cnn(C)c5)c4nc-3c2)c1.O=S(=O)(O)C(F)(F)F. The van der Waals surface area contributed by atoms with Crippen LogP contribution in [0.1, 0.15) is 40.4 Å². The molecule has 2 aliphatic rings. The van der Waals surface area contributed by atoms with Gasteiger partial charge in [0, 0.05) is 41.9 Å². The highest BCUT2D eigenvalue weighted by Crippen LogP contribution is 2.33. The fourth-order valence-corrected chi connectivity index (χ4v) is 4.44. The second-order valence-corrected chi connectivity index (χ2v) is 11.3. The Bertz CT molecular complexity index is 1820. The maximum atomic E-state index is 13.3. The van der Waals surface area contributed by atoms with Crippen LogP contribution >= 0.6 is 0 Å². The number of aryl methyl sites for hydroxylation is 1. The van der Waals surface area contributed by atoms with Gasteiger partial charge in [0.05, 0.1) is 24.0 Å². The van der Waals surface area contributed by atoms with Gasteiger partial charge in [-0.05, 0) is 48.7 Å². The monoisotopic (exact) mass is 628 g/mol. The predicted octanol–water partition coefficient (Wildman–Crippen LogP) is 5.82. The van der Waals surface area contributed by atoms with Gasteiger partial charge < -0.3 is 10.1 Å². The number of hydrogen-bond acceptors (Lipinski definition) is 7. The Labute approximate surface area is 252 Å². The largest absolute Gasteiger partial charge is 0.522 e. The number of para-hydroxylation sites is 1. The van der Waals surface area contributed by atoms with Crippen molar-refractivity contribution in [2.45, 2.75) is 31.8 Å². The number of rotatable bonds is 10. The Morgan fingerprint density at radius 3 is 2.39 bits per heavy atom. The number of nitrogens with one attached hydrogen (secondary N) is 1. The standard InChI is InChI=1S/C30H30N4O2.CHF3O3S/c1-3-15-36-25-10-4-7-22(16-25)30(35)23-8-5-11-26-27-12-6-9-24(29(27)33-28(26)17-23)19-31-14-13-21-18-32-34(2)20-21;2-1(3,4)8(5,6)7/h4-12,16-18,20,31H,3,13-15,19H2,1-2H3;(H,5,6,7). The first-order chi connectivity index (χ1) is 20.9. The van der Waals surface area contributed by atoms with E-state index in [1.807, 2.05) is 72.7 Å². The van der Waals surface area contributed by atoms with Gasteiger partial charge in [0.1, 0.15) is 5.75 Å². The lowest BCUT2D eigenvalue weighted by molar-refractivity contribution is -0.0510. The van der Waals surface area contributed by atoms with Crippen molar-refractivity contribution < 1.29 is 35.7 Å². The van der Waals surface area contributed by atoms with Crippen LogP contribution in [-0.4, -0.2) is 52.2 Å². The number of carbonyl (C=O) groups excluding carboxylic acids is 1. The van der Waals surface area contributed by atoms with Crippen LogP contribution < -0.4 is 10.1 Å². The highest BCUT2D eigenvalue weighted by molar-refractivity contribution is 7.86. The van der Waals surface area contributed by atoms with Crippen molar-refractivity contribution in [3.63, 3.8) is 0 Å². The van der Waals surface area contributed by atoms with Crippen LogP contribution in [0, 0.1) is 0 Å². The topological polar surface area (TPSA) is 123 Å². The molecule has 5 rings (SSSR count). The van der Waals surface area contributed by atoms with Crippen molar-refractivity contribution >= 4 is 26.8 Å². The number of fused-ring (bicyclic) bond motifs is 3. The Morgan fingerprint density at radius 1 is 1.05 bits per heavy atom. The second kappa shape index (κ2) is 14.0. The van der Waals surface area contributed by atoms with E-state index in [0.717, 1.165) is 53.7 Å². The number of aromatic nitrogens is 3. The molecular weight excluding hydrogens is 597 g/mol. The number of halogens is 3. The molecule has 0 bridgehead atoms. The zero-order chi connectivity index (χ0) is 31.9. The Balaban J connectivity index is 0.000000488. The molecule has 0 saturated heterocycles. The van der Waals surface area contributed by atoms with Gasteiger partial charge in [-0.25, -0.2) is 4.98 Å². The summed E-state index contributed by atoms with van der Waals surface area (Å²) in [6.45, 7) is 4.27. The average Bonchev–Trinajstić information content (AvgIpc) is 3.48. The summed E-state index contributed by atoms with van der Waals surface area (Å²) >= 11 is 0. The van der Waals surface area contributed by atoms with Gasteiger partial charge in [-0.15, -0.1) is 0 Å². The van der Waals surface area contributed by atoms with Crippen LogP contribution in [0.4, 0.5) is 13.2 Å². The van der Waals surface area contributed by atoms with Crippen LogP contribution in [-0.2, 0) is 30.1 Å². The van der Waals surface area contributed by atoms with Gasteiger partial charge in [0.25, 0.3) is 0 Å². The summed E-state index contributed by atoms with van der Waals surface area (Å²) in [5.74, 6) is 0.671. The minimum absolute atomic E-state index is 0.0428. The lowest BCUT2D eigenvalue weighted by atomic mass is 10.0. The quantitative estimate of drug-likeness (QED) is 0.0859. The molecule has 2 heterocycles. The van der Waals surface area contributed by atoms with E-state index < -0.39 is 15.6 Å². The molecule has 0 amide bonds. The minimum atomic E-state index is -5.84. The first-order valence-electron chi connectivity index (χ1n) is 13.7. The molecule has 9 nitrogen and oxygen atoms in total. The second-order valence-electron chi connectivity index (χ2n) is 9.92. The number of nitrogens with zero attached hydrogens (tertiary/aromatic N) is 3. The number of ketones is 1. The van der Waals surface area contributed by atoms with Gasteiger partial charge in [-0.1, -0.05) is 55.5 Å². The summed E-state index contributed by atoms with van der Waals surface area (Å²) in [4.78, 5) is 18.3. The van der Waals surface area contributed by atoms with Crippen LogP contribution in [0.2, 0.25) is 0 Å². The molecule has 2 N–H and O–H groups in total. The lowest BCUT2D eigenvalue weighted by Gasteiger charge is -2.06. The van der Waals surface area contributed by atoms with Crippen molar-refractivity contribution in [2.75, 3.05) is 13.2 Å². The number of ether oxygens (including phenoxy) is 1. The molecule has 0 fully saturated rings. The molecule has 0 unspecified atom stereocenters. The fourth-order valence-electron chi connectivity index (χ4n) is 4.44. The Kier molecular flexibility index (Phi) is 10.3. The van der Waals surface area contributed by atoms with Crippen molar-refractivity contribution in [2.24, 2.45) is 7.05 Å². The molecular formula is C31H31F3N4O5S. The zero-order valence-electron chi connectivity index (χ0n) is 24.0. The molecule has 44 heavy (non-hydrogen) atoms. The predicted molar refractivity (Wildman–Crippen MR) is 160 cm³/mol. The third kappa shape index (κ3) is 8.18. The molecule has 3 aromatic rings. The van der Waals surface area contributed by atoms with Crippen LogP contribution in [0.25, 0.3) is 22.2 Å². The molecule has 1 aromatic heterocycles. The normalized spacial score (nSPS) is 11.8. The van der Waals surface area contributed by atoms with E-state index in [0.29, 0.717) is 23.5 Å². The van der Waals surface area contributed by atoms with Crippen LogP contribution in [0.5, 0.6) is 5.75 Å². The van der Waals surface area contributed by atoms with Gasteiger partial charge in [-0.3, -0.25) is 14.0 Å². The number of alkyl halides is 3. The maximum absolute atomic E-state index is 13.3. The maximum Gasteiger partial charge on any atom is 0.522 e. The Morgan fingerprint density at radius 2 is 1.73 bits per heavy atom. The number of hydrogen-bond donors (Lipinski definition) is 2. The summed E-state index contributed by atoms with van der Waals surface area (Å²) in [6.07, 6.45) is 5.79. The fraction of sp³-hybridized carbons (Fsp3) is 0.258. The van der Waals surface area contributed by atoms with Crippen molar-refractivity contribution in [3.05, 3.63) is 101 Å². The van der Waals surface area contributed by atoms with Crippen molar-refractivity contribution in [3.8, 4) is 17.0 Å². The third-order valence-electron chi connectivity index (χ3n) is 6.54. The van der Waals surface area contributed by atoms with E-state index in [1.165, 1.54) is 5.56 Å². The highest BCUT2D eigenvalue weighted by Gasteiger charge is 2.44.